The van der Waals surface area contributed by atoms with Crippen molar-refractivity contribution in [1.29, 1.82) is 0 Å². The van der Waals surface area contributed by atoms with E-state index in [1.165, 1.54) is 19.0 Å². The SMILES string of the molecule is CCCC1CCC(NS(=O)(=O)c2ncccc2NN)CC1. The molecule has 0 amide bonds. The molecule has 1 aliphatic carbocycles. The molecule has 1 saturated carbocycles. The van der Waals surface area contributed by atoms with Gasteiger partial charge >= 0.3 is 0 Å². The molecule has 6 nitrogen and oxygen atoms in total. The number of sulfonamides is 1. The minimum Gasteiger partial charge on any atom is -0.321 e. The zero-order valence-electron chi connectivity index (χ0n) is 12.4. The quantitative estimate of drug-likeness (QED) is 0.551. The summed E-state index contributed by atoms with van der Waals surface area (Å²) in [4.78, 5) is 3.94. The average molecular weight is 312 g/mol. The van der Waals surface area contributed by atoms with E-state index in [1.54, 1.807) is 12.1 Å². The fraction of sp³-hybridized carbons (Fsp3) is 0.643. The standard InChI is InChI=1S/C14H24N4O2S/c1-2-4-11-6-8-12(9-7-11)18-21(19,20)14-13(17-15)5-3-10-16-14/h3,5,10-12,17-18H,2,4,6-9,15H2,1H3. The van der Waals surface area contributed by atoms with Crippen molar-refractivity contribution < 1.29 is 8.42 Å². The number of hydrogen-bond donors (Lipinski definition) is 3. The van der Waals surface area contributed by atoms with Gasteiger partial charge in [-0.2, -0.15) is 0 Å². The van der Waals surface area contributed by atoms with Gasteiger partial charge in [0.2, 0.25) is 0 Å². The topological polar surface area (TPSA) is 97.1 Å². The smallest absolute Gasteiger partial charge is 0.260 e. The molecule has 0 aliphatic heterocycles. The van der Waals surface area contributed by atoms with Crippen LogP contribution in [0.5, 0.6) is 0 Å². The van der Waals surface area contributed by atoms with Crippen molar-refractivity contribution in [3.63, 3.8) is 0 Å². The summed E-state index contributed by atoms with van der Waals surface area (Å²) in [5, 5.41) is -0.0387. The van der Waals surface area contributed by atoms with E-state index >= 15 is 0 Å². The number of nitrogens with one attached hydrogen (secondary N) is 2. The second-order valence-electron chi connectivity index (χ2n) is 5.63. The third-order valence-corrected chi connectivity index (χ3v) is 5.52. The van der Waals surface area contributed by atoms with E-state index in [4.69, 9.17) is 5.84 Å². The first-order chi connectivity index (χ1) is 10.1. The number of hydrogen-bond acceptors (Lipinski definition) is 5. The van der Waals surface area contributed by atoms with Crippen LogP contribution in [-0.4, -0.2) is 19.4 Å². The average Bonchev–Trinajstić information content (AvgIpc) is 2.49. The Hall–Kier alpha value is -1.18. The van der Waals surface area contributed by atoms with E-state index in [2.05, 4.69) is 22.1 Å². The highest BCUT2D eigenvalue weighted by atomic mass is 32.2. The molecule has 2 rings (SSSR count). The maximum Gasteiger partial charge on any atom is 0.260 e. The minimum atomic E-state index is -3.64. The van der Waals surface area contributed by atoms with Crippen molar-refractivity contribution in [2.45, 2.75) is 56.5 Å². The minimum absolute atomic E-state index is 0.00395. The summed E-state index contributed by atoms with van der Waals surface area (Å²) in [5.74, 6) is 6.09. The van der Waals surface area contributed by atoms with E-state index in [0.29, 0.717) is 5.69 Å². The first-order valence-corrected chi connectivity index (χ1v) is 8.99. The number of aromatic nitrogens is 1. The van der Waals surface area contributed by atoms with E-state index in [9.17, 15) is 8.42 Å². The van der Waals surface area contributed by atoms with Gasteiger partial charge in [-0.15, -0.1) is 0 Å². The summed E-state index contributed by atoms with van der Waals surface area (Å²) in [7, 11) is -3.64. The number of hydrazine groups is 1. The predicted octanol–water partition coefficient (Wildman–Crippen LogP) is 2.00. The zero-order chi connectivity index (χ0) is 15.3. The van der Waals surface area contributed by atoms with Gasteiger partial charge in [0.15, 0.2) is 5.03 Å². The molecule has 1 aliphatic rings. The third-order valence-electron chi connectivity index (χ3n) is 4.05. The van der Waals surface area contributed by atoms with Gasteiger partial charge in [0.05, 0.1) is 5.69 Å². The summed E-state index contributed by atoms with van der Waals surface area (Å²) in [6.45, 7) is 2.19. The highest BCUT2D eigenvalue weighted by Gasteiger charge is 2.27. The highest BCUT2D eigenvalue weighted by Crippen LogP contribution is 2.29. The van der Waals surface area contributed by atoms with Crippen LogP contribution < -0.4 is 16.0 Å². The maximum absolute atomic E-state index is 12.4. The number of nitrogens with zero attached hydrogens (tertiary/aromatic N) is 1. The second-order valence-corrected chi connectivity index (χ2v) is 7.26. The summed E-state index contributed by atoms with van der Waals surface area (Å²) in [5.41, 5.74) is 2.69. The van der Waals surface area contributed by atoms with Crippen LogP contribution in [0.25, 0.3) is 0 Å². The van der Waals surface area contributed by atoms with Crippen molar-refractivity contribution in [2.24, 2.45) is 11.8 Å². The van der Waals surface area contributed by atoms with E-state index in [-0.39, 0.29) is 11.1 Å². The van der Waals surface area contributed by atoms with Gasteiger partial charge in [0.1, 0.15) is 0 Å². The number of nitrogens with two attached hydrogens (primary N) is 1. The van der Waals surface area contributed by atoms with Gasteiger partial charge in [0, 0.05) is 12.2 Å². The van der Waals surface area contributed by atoms with Crippen LogP contribution in [0.4, 0.5) is 5.69 Å². The molecule has 0 saturated heterocycles. The number of rotatable bonds is 6. The van der Waals surface area contributed by atoms with Gasteiger partial charge in [-0.3, -0.25) is 5.84 Å². The van der Waals surface area contributed by atoms with Crippen LogP contribution in [0.2, 0.25) is 0 Å². The first-order valence-electron chi connectivity index (χ1n) is 7.50. The van der Waals surface area contributed by atoms with Crippen molar-refractivity contribution in [3.05, 3.63) is 18.3 Å². The third kappa shape index (κ3) is 4.15. The molecule has 1 aromatic heterocycles. The summed E-state index contributed by atoms with van der Waals surface area (Å²) in [6, 6.07) is 3.24. The second kappa shape index (κ2) is 7.20. The molecule has 0 spiro atoms. The molecule has 21 heavy (non-hydrogen) atoms. The fourth-order valence-corrected chi connectivity index (χ4v) is 4.37. The summed E-state index contributed by atoms with van der Waals surface area (Å²) < 4.78 is 27.6. The largest absolute Gasteiger partial charge is 0.321 e. The lowest BCUT2D eigenvalue weighted by atomic mass is 9.84. The van der Waals surface area contributed by atoms with Crippen LogP contribution >= 0.6 is 0 Å². The molecular weight excluding hydrogens is 288 g/mol. The Kier molecular flexibility index (Phi) is 5.55. The van der Waals surface area contributed by atoms with Crippen molar-refractivity contribution >= 4 is 15.7 Å². The lowest BCUT2D eigenvalue weighted by molar-refractivity contribution is 0.297. The first kappa shape index (κ1) is 16.2. The molecule has 0 bridgehead atoms. The normalized spacial score (nSPS) is 23.0. The van der Waals surface area contributed by atoms with Crippen LogP contribution in [0.15, 0.2) is 23.4 Å². The lowest BCUT2D eigenvalue weighted by Crippen LogP contribution is -2.38. The Morgan fingerprint density at radius 2 is 2.05 bits per heavy atom. The van der Waals surface area contributed by atoms with Crippen LogP contribution in [0.3, 0.4) is 0 Å². The molecule has 118 valence electrons. The lowest BCUT2D eigenvalue weighted by Gasteiger charge is -2.28. The van der Waals surface area contributed by atoms with E-state index in [0.717, 1.165) is 31.6 Å². The monoisotopic (exact) mass is 312 g/mol. The van der Waals surface area contributed by atoms with Crippen molar-refractivity contribution in [1.82, 2.24) is 9.71 Å². The molecule has 0 aromatic carbocycles. The Morgan fingerprint density at radius 1 is 1.33 bits per heavy atom. The van der Waals surface area contributed by atoms with Crippen LogP contribution in [0.1, 0.15) is 45.4 Å². The van der Waals surface area contributed by atoms with Gasteiger partial charge in [-0.25, -0.2) is 18.1 Å². The van der Waals surface area contributed by atoms with Crippen LogP contribution in [0, 0.1) is 5.92 Å². The predicted molar refractivity (Wildman–Crippen MR) is 83.0 cm³/mol. The zero-order valence-corrected chi connectivity index (χ0v) is 13.2. The molecule has 0 radical (unpaired) electrons. The van der Waals surface area contributed by atoms with E-state index < -0.39 is 10.0 Å². The Labute approximate surface area is 126 Å². The summed E-state index contributed by atoms with van der Waals surface area (Å²) >= 11 is 0. The number of pyridine rings is 1. The highest BCUT2D eigenvalue weighted by molar-refractivity contribution is 7.89. The van der Waals surface area contributed by atoms with Gasteiger partial charge in [0.25, 0.3) is 10.0 Å². The number of nitrogen functional groups attached to an aromatic ring is 1. The summed E-state index contributed by atoms with van der Waals surface area (Å²) in [6.07, 6.45) is 7.84. The fourth-order valence-electron chi connectivity index (χ4n) is 2.97. The number of anilines is 1. The van der Waals surface area contributed by atoms with Crippen molar-refractivity contribution in [3.8, 4) is 0 Å². The van der Waals surface area contributed by atoms with Gasteiger partial charge in [-0.05, 0) is 43.7 Å². The molecule has 7 heteroatoms. The maximum atomic E-state index is 12.4. The molecule has 1 aromatic rings. The molecular formula is C14H24N4O2S. The molecule has 4 N–H and O–H groups in total. The van der Waals surface area contributed by atoms with Gasteiger partial charge in [-0.1, -0.05) is 19.8 Å². The van der Waals surface area contributed by atoms with Crippen LogP contribution in [-0.2, 0) is 10.0 Å². The molecule has 1 fully saturated rings. The molecule has 0 unspecified atom stereocenters. The van der Waals surface area contributed by atoms with E-state index in [1.807, 2.05) is 0 Å². The molecule has 1 heterocycles. The van der Waals surface area contributed by atoms with Gasteiger partial charge < -0.3 is 5.43 Å². The van der Waals surface area contributed by atoms with Crippen molar-refractivity contribution in [2.75, 3.05) is 5.43 Å². The Balaban J connectivity index is 2.02. The Bertz CT molecular complexity index is 554. The Morgan fingerprint density at radius 3 is 2.67 bits per heavy atom. The molecule has 0 atom stereocenters.